The van der Waals surface area contributed by atoms with E-state index in [9.17, 15) is 0 Å². The van der Waals surface area contributed by atoms with Crippen molar-refractivity contribution >= 4 is 11.3 Å². The molecule has 2 heteroatoms. The van der Waals surface area contributed by atoms with Gasteiger partial charge >= 0.3 is 0 Å². The molecule has 1 fully saturated rings. The van der Waals surface area contributed by atoms with Gasteiger partial charge in [0.1, 0.15) is 0 Å². The van der Waals surface area contributed by atoms with Gasteiger partial charge in [0.2, 0.25) is 0 Å². The molecule has 0 aliphatic heterocycles. The summed E-state index contributed by atoms with van der Waals surface area (Å²) >= 11 is 2.03. The number of hydrogen-bond acceptors (Lipinski definition) is 2. The Hall–Kier alpha value is -0.340. The molecule has 1 aliphatic rings. The molecule has 1 nitrogen and oxygen atoms in total. The lowest BCUT2D eigenvalue weighted by Crippen LogP contribution is -2.48. The van der Waals surface area contributed by atoms with E-state index in [2.05, 4.69) is 38.2 Å². The normalized spacial score (nSPS) is 29.1. The molecule has 1 N–H and O–H groups in total. The minimum atomic E-state index is 0.771. The largest absolute Gasteiger partial charge is 0.314 e. The SMILES string of the molecule is CCNC1CC(c2ccc(CC)s2)C1CC. The molecule has 2 rings (SSSR count). The summed E-state index contributed by atoms with van der Waals surface area (Å²) < 4.78 is 0. The lowest BCUT2D eigenvalue weighted by molar-refractivity contribution is 0.165. The Morgan fingerprint density at radius 2 is 2.12 bits per heavy atom. The minimum Gasteiger partial charge on any atom is -0.314 e. The first-order valence-corrected chi connectivity index (χ1v) is 7.43. The molecule has 0 amide bonds. The summed E-state index contributed by atoms with van der Waals surface area (Å²) in [5.41, 5.74) is 0. The van der Waals surface area contributed by atoms with Gasteiger partial charge in [-0.1, -0.05) is 27.2 Å². The molecule has 1 saturated carbocycles. The molecule has 1 aromatic heterocycles. The summed E-state index contributed by atoms with van der Waals surface area (Å²) in [6.45, 7) is 7.89. The van der Waals surface area contributed by atoms with Crippen LogP contribution in [0, 0.1) is 5.92 Å². The highest BCUT2D eigenvalue weighted by molar-refractivity contribution is 7.12. The maximum absolute atomic E-state index is 3.61. The van der Waals surface area contributed by atoms with Gasteiger partial charge in [-0.15, -0.1) is 11.3 Å². The second-order valence-corrected chi connectivity index (χ2v) is 5.94. The van der Waals surface area contributed by atoms with Crippen molar-refractivity contribution in [3.05, 3.63) is 21.9 Å². The van der Waals surface area contributed by atoms with Gasteiger partial charge in [0.25, 0.3) is 0 Å². The summed E-state index contributed by atoms with van der Waals surface area (Å²) in [6, 6.07) is 5.44. The van der Waals surface area contributed by atoms with E-state index in [4.69, 9.17) is 0 Å². The van der Waals surface area contributed by atoms with Gasteiger partial charge in [0.05, 0.1) is 0 Å². The van der Waals surface area contributed by atoms with E-state index in [0.29, 0.717) is 0 Å². The molecular weight excluding hydrogens is 214 g/mol. The van der Waals surface area contributed by atoms with Gasteiger partial charge in [-0.2, -0.15) is 0 Å². The highest BCUT2D eigenvalue weighted by atomic mass is 32.1. The molecule has 1 heterocycles. The number of nitrogens with one attached hydrogen (secondary N) is 1. The van der Waals surface area contributed by atoms with Crippen molar-refractivity contribution in [1.82, 2.24) is 5.32 Å². The molecule has 0 saturated heterocycles. The Morgan fingerprint density at radius 3 is 2.69 bits per heavy atom. The highest BCUT2D eigenvalue weighted by Crippen LogP contribution is 2.46. The van der Waals surface area contributed by atoms with Crippen molar-refractivity contribution in [1.29, 1.82) is 0 Å². The van der Waals surface area contributed by atoms with Crippen molar-refractivity contribution in [3.8, 4) is 0 Å². The highest BCUT2D eigenvalue weighted by Gasteiger charge is 2.40. The monoisotopic (exact) mass is 237 g/mol. The van der Waals surface area contributed by atoms with Crippen LogP contribution in [0.3, 0.4) is 0 Å². The zero-order valence-electron chi connectivity index (χ0n) is 10.6. The second kappa shape index (κ2) is 5.33. The minimum absolute atomic E-state index is 0.771. The van der Waals surface area contributed by atoms with Gasteiger partial charge < -0.3 is 5.32 Å². The fourth-order valence-corrected chi connectivity index (χ4v) is 4.03. The van der Waals surface area contributed by atoms with E-state index in [0.717, 1.165) is 24.4 Å². The summed E-state index contributed by atoms with van der Waals surface area (Å²) in [5.74, 6) is 1.70. The third-order valence-corrected chi connectivity index (χ3v) is 5.24. The van der Waals surface area contributed by atoms with Crippen LogP contribution in [-0.4, -0.2) is 12.6 Å². The van der Waals surface area contributed by atoms with Crippen molar-refractivity contribution in [3.63, 3.8) is 0 Å². The lowest BCUT2D eigenvalue weighted by atomic mass is 9.67. The van der Waals surface area contributed by atoms with Crippen LogP contribution in [0.15, 0.2) is 12.1 Å². The second-order valence-electron chi connectivity index (χ2n) is 4.74. The first-order valence-electron chi connectivity index (χ1n) is 6.62. The van der Waals surface area contributed by atoms with Crippen LogP contribution in [0.4, 0.5) is 0 Å². The standard InChI is InChI=1S/C14H23NS/c1-4-10-7-8-14(16-10)12-9-13(15-6-3)11(12)5-2/h7-8,11-13,15H,4-6,9H2,1-3H3. The van der Waals surface area contributed by atoms with Crippen molar-refractivity contribution in [2.24, 2.45) is 5.92 Å². The van der Waals surface area contributed by atoms with Crippen LogP contribution < -0.4 is 5.32 Å². The van der Waals surface area contributed by atoms with E-state index in [1.54, 1.807) is 4.88 Å². The van der Waals surface area contributed by atoms with Crippen LogP contribution in [0.2, 0.25) is 0 Å². The Balaban J connectivity index is 2.01. The van der Waals surface area contributed by atoms with Gasteiger partial charge in [0, 0.05) is 15.8 Å². The smallest absolute Gasteiger partial charge is 0.0107 e. The maximum Gasteiger partial charge on any atom is 0.0107 e. The molecule has 3 atom stereocenters. The van der Waals surface area contributed by atoms with Crippen molar-refractivity contribution in [2.45, 2.75) is 52.0 Å². The molecule has 16 heavy (non-hydrogen) atoms. The quantitative estimate of drug-likeness (QED) is 0.821. The molecule has 0 bridgehead atoms. The molecule has 0 radical (unpaired) electrons. The van der Waals surface area contributed by atoms with Crippen LogP contribution in [0.1, 0.15) is 49.3 Å². The zero-order chi connectivity index (χ0) is 11.5. The fourth-order valence-electron chi connectivity index (χ4n) is 2.88. The third kappa shape index (κ3) is 2.18. The number of rotatable bonds is 5. The first-order chi connectivity index (χ1) is 7.80. The van der Waals surface area contributed by atoms with Gasteiger partial charge in [0.15, 0.2) is 0 Å². The first kappa shape index (κ1) is 12.1. The summed E-state index contributed by atoms with van der Waals surface area (Å²) in [7, 11) is 0. The summed E-state index contributed by atoms with van der Waals surface area (Å²) in [6.07, 6.45) is 3.84. The van der Waals surface area contributed by atoms with E-state index < -0.39 is 0 Å². The Labute approximate surface area is 103 Å². The van der Waals surface area contributed by atoms with Crippen molar-refractivity contribution < 1.29 is 0 Å². The molecule has 1 aromatic rings. The summed E-state index contributed by atoms with van der Waals surface area (Å²) in [5, 5.41) is 3.61. The average Bonchev–Trinajstić information content (AvgIpc) is 2.72. The number of hydrogen-bond donors (Lipinski definition) is 1. The number of thiophene rings is 1. The molecular formula is C14H23NS. The predicted molar refractivity (Wildman–Crippen MR) is 72.3 cm³/mol. The predicted octanol–water partition coefficient (Wildman–Crippen LogP) is 3.80. The van der Waals surface area contributed by atoms with E-state index >= 15 is 0 Å². The average molecular weight is 237 g/mol. The van der Waals surface area contributed by atoms with Crippen LogP contribution in [0.25, 0.3) is 0 Å². The van der Waals surface area contributed by atoms with Gasteiger partial charge in [-0.25, -0.2) is 0 Å². The Bertz CT molecular complexity index is 331. The van der Waals surface area contributed by atoms with Crippen LogP contribution in [0.5, 0.6) is 0 Å². The van der Waals surface area contributed by atoms with Crippen LogP contribution in [-0.2, 0) is 6.42 Å². The van der Waals surface area contributed by atoms with E-state index in [-0.39, 0.29) is 0 Å². The van der Waals surface area contributed by atoms with Crippen LogP contribution >= 0.6 is 11.3 Å². The molecule has 90 valence electrons. The van der Waals surface area contributed by atoms with Crippen molar-refractivity contribution in [2.75, 3.05) is 6.54 Å². The zero-order valence-corrected chi connectivity index (χ0v) is 11.4. The summed E-state index contributed by atoms with van der Waals surface area (Å²) in [4.78, 5) is 3.16. The lowest BCUT2D eigenvalue weighted by Gasteiger charge is -2.44. The third-order valence-electron chi connectivity index (χ3n) is 3.88. The van der Waals surface area contributed by atoms with Gasteiger partial charge in [-0.3, -0.25) is 0 Å². The fraction of sp³-hybridized carbons (Fsp3) is 0.714. The molecule has 3 unspecified atom stereocenters. The molecule has 0 spiro atoms. The van der Waals surface area contributed by atoms with E-state index in [1.807, 2.05) is 11.3 Å². The Morgan fingerprint density at radius 1 is 1.31 bits per heavy atom. The number of aryl methyl sites for hydroxylation is 1. The topological polar surface area (TPSA) is 12.0 Å². The molecule has 0 aromatic carbocycles. The van der Waals surface area contributed by atoms with E-state index in [1.165, 1.54) is 24.1 Å². The van der Waals surface area contributed by atoms with Gasteiger partial charge in [-0.05, 0) is 43.4 Å². The Kier molecular flexibility index (Phi) is 4.04. The maximum atomic E-state index is 3.61. The molecule has 1 aliphatic carbocycles.